The zero-order chi connectivity index (χ0) is 13.0. The highest BCUT2D eigenvalue weighted by Gasteiger charge is 2.55. The highest BCUT2D eigenvalue weighted by molar-refractivity contribution is 5.74. The Morgan fingerprint density at radius 2 is 2.11 bits per heavy atom. The summed E-state index contributed by atoms with van der Waals surface area (Å²) >= 11 is 0. The predicted molar refractivity (Wildman–Crippen MR) is 67.6 cm³/mol. The zero-order valence-corrected chi connectivity index (χ0v) is 11.1. The third kappa shape index (κ3) is 2.68. The van der Waals surface area contributed by atoms with Crippen molar-refractivity contribution in [1.82, 2.24) is 5.48 Å². The van der Waals surface area contributed by atoms with Crippen molar-refractivity contribution in [1.29, 1.82) is 0 Å². The van der Waals surface area contributed by atoms with Crippen LogP contribution >= 0.6 is 0 Å². The molecule has 0 saturated heterocycles. The van der Waals surface area contributed by atoms with Gasteiger partial charge in [0, 0.05) is 18.1 Å². The van der Waals surface area contributed by atoms with E-state index in [0.717, 1.165) is 13.0 Å². The molecule has 104 valence electrons. The molecular formula is C13H24N2O3. The van der Waals surface area contributed by atoms with Crippen molar-refractivity contribution in [2.75, 3.05) is 13.2 Å². The number of carbonyl (C=O) groups is 1. The predicted octanol–water partition coefficient (Wildman–Crippen LogP) is 1.12. The van der Waals surface area contributed by atoms with Crippen LogP contribution in [-0.4, -0.2) is 31.3 Å². The first-order valence-corrected chi connectivity index (χ1v) is 6.96. The first-order valence-electron chi connectivity index (χ1n) is 6.96. The van der Waals surface area contributed by atoms with Crippen molar-refractivity contribution < 1.29 is 14.4 Å². The number of nitrogens with one attached hydrogen (secondary N) is 1. The van der Waals surface area contributed by atoms with Gasteiger partial charge in [0.05, 0.1) is 6.10 Å². The minimum absolute atomic E-state index is 0.0636. The van der Waals surface area contributed by atoms with Gasteiger partial charge in [-0.1, -0.05) is 19.3 Å². The molecule has 0 radical (unpaired) electrons. The molecule has 5 nitrogen and oxygen atoms in total. The Hall–Kier alpha value is -0.650. The van der Waals surface area contributed by atoms with Crippen molar-refractivity contribution in [3.05, 3.63) is 0 Å². The standard InChI is InChI=1S/C13H24N2O3/c1-2-17-11-8-10(15-18-9-12(14)16)13(11)6-4-3-5-7-13/h10-11,15H,2-9H2,1H3,(H2,14,16). The summed E-state index contributed by atoms with van der Waals surface area (Å²) in [5, 5.41) is 0. The van der Waals surface area contributed by atoms with Crippen molar-refractivity contribution in [2.24, 2.45) is 11.1 Å². The molecule has 3 N–H and O–H groups in total. The van der Waals surface area contributed by atoms with Crippen LogP contribution in [-0.2, 0) is 14.4 Å². The minimum atomic E-state index is -0.444. The molecule has 5 heteroatoms. The molecular weight excluding hydrogens is 232 g/mol. The average Bonchev–Trinajstić information content (AvgIpc) is 2.37. The van der Waals surface area contributed by atoms with Gasteiger partial charge in [0.15, 0.2) is 0 Å². The molecule has 2 atom stereocenters. The van der Waals surface area contributed by atoms with Crippen molar-refractivity contribution in [2.45, 2.75) is 57.6 Å². The third-order valence-electron chi connectivity index (χ3n) is 4.38. The van der Waals surface area contributed by atoms with Gasteiger partial charge < -0.3 is 10.5 Å². The molecule has 18 heavy (non-hydrogen) atoms. The van der Waals surface area contributed by atoms with E-state index < -0.39 is 5.91 Å². The topological polar surface area (TPSA) is 73.6 Å². The van der Waals surface area contributed by atoms with Crippen LogP contribution in [0.1, 0.15) is 45.4 Å². The van der Waals surface area contributed by atoms with Gasteiger partial charge in [-0.25, -0.2) is 0 Å². The van der Waals surface area contributed by atoms with Crippen molar-refractivity contribution in [3.8, 4) is 0 Å². The highest BCUT2D eigenvalue weighted by atomic mass is 16.6. The highest BCUT2D eigenvalue weighted by Crippen LogP contribution is 2.53. The van der Waals surface area contributed by atoms with Gasteiger partial charge in [-0.3, -0.25) is 9.63 Å². The maximum atomic E-state index is 10.7. The Labute approximate surface area is 108 Å². The number of hydrogen-bond donors (Lipinski definition) is 2. The molecule has 0 aromatic carbocycles. The minimum Gasteiger partial charge on any atom is -0.378 e. The van der Waals surface area contributed by atoms with Gasteiger partial charge in [-0.2, -0.15) is 5.48 Å². The average molecular weight is 256 g/mol. The molecule has 2 aliphatic rings. The zero-order valence-electron chi connectivity index (χ0n) is 11.1. The van der Waals surface area contributed by atoms with Gasteiger partial charge in [0.2, 0.25) is 5.91 Å². The first kappa shape index (κ1) is 13.8. The molecule has 2 aliphatic carbocycles. The molecule has 1 amide bonds. The number of amides is 1. The van der Waals surface area contributed by atoms with E-state index in [4.69, 9.17) is 15.3 Å². The summed E-state index contributed by atoms with van der Waals surface area (Å²) < 4.78 is 5.84. The Morgan fingerprint density at radius 3 is 2.72 bits per heavy atom. The van der Waals surface area contributed by atoms with E-state index >= 15 is 0 Å². The van der Waals surface area contributed by atoms with E-state index in [1.165, 1.54) is 32.1 Å². The second kappa shape index (κ2) is 5.99. The number of nitrogens with two attached hydrogens (primary N) is 1. The fourth-order valence-corrected chi connectivity index (χ4v) is 3.44. The summed E-state index contributed by atoms with van der Waals surface area (Å²) in [5.41, 5.74) is 8.29. The maximum absolute atomic E-state index is 10.7. The van der Waals surface area contributed by atoms with E-state index in [1.807, 2.05) is 6.92 Å². The lowest BCUT2D eigenvalue weighted by molar-refractivity contribution is -0.184. The Balaban J connectivity index is 1.88. The number of hydroxylamine groups is 1. The molecule has 0 aromatic heterocycles. The molecule has 2 saturated carbocycles. The van der Waals surface area contributed by atoms with E-state index in [1.54, 1.807) is 0 Å². The summed E-state index contributed by atoms with van der Waals surface area (Å²) in [4.78, 5) is 15.8. The molecule has 2 fully saturated rings. The second-order valence-corrected chi connectivity index (χ2v) is 5.40. The fourth-order valence-electron chi connectivity index (χ4n) is 3.44. The normalized spacial score (nSPS) is 30.1. The summed E-state index contributed by atoms with van der Waals surface area (Å²) in [6.45, 7) is 2.74. The van der Waals surface area contributed by atoms with E-state index in [9.17, 15) is 4.79 Å². The third-order valence-corrected chi connectivity index (χ3v) is 4.38. The molecule has 0 aromatic rings. The lowest BCUT2D eigenvalue weighted by atomic mass is 9.55. The van der Waals surface area contributed by atoms with Gasteiger partial charge in [-0.15, -0.1) is 0 Å². The van der Waals surface area contributed by atoms with Gasteiger partial charge in [0.25, 0.3) is 0 Å². The first-order chi connectivity index (χ1) is 8.69. The Bertz CT molecular complexity index is 290. The van der Waals surface area contributed by atoms with Crippen LogP contribution in [0.2, 0.25) is 0 Å². The van der Waals surface area contributed by atoms with Crippen molar-refractivity contribution >= 4 is 5.91 Å². The van der Waals surface area contributed by atoms with Crippen LogP contribution in [0, 0.1) is 5.41 Å². The number of primary amides is 1. The maximum Gasteiger partial charge on any atom is 0.245 e. The summed E-state index contributed by atoms with van der Waals surface area (Å²) in [7, 11) is 0. The SMILES string of the molecule is CCOC1CC(NOCC(N)=O)C12CCCCC2. The van der Waals surface area contributed by atoms with E-state index in [2.05, 4.69) is 5.48 Å². The molecule has 2 rings (SSSR count). The van der Waals surface area contributed by atoms with Gasteiger partial charge >= 0.3 is 0 Å². The summed E-state index contributed by atoms with van der Waals surface area (Å²) in [6, 6.07) is 0.300. The second-order valence-electron chi connectivity index (χ2n) is 5.40. The number of ether oxygens (including phenoxy) is 1. The number of carbonyl (C=O) groups excluding carboxylic acids is 1. The lowest BCUT2D eigenvalue weighted by Crippen LogP contribution is -2.64. The fraction of sp³-hybridized carbons (Fsp3) is 0.923. The van der Waals surface area contributed by atoms with Crippen molar-refractivity contribution in [3.63, 3.8) is 0 Å². The lowest BCUT2D eigenvalue weighted by Gasteiger charge is -2.57. The molecule has 2 unspecified atom stereocenters. The smallest absolute Gasteiger partial charge is 0.245 e. The van der Waals surface area contributed by atoms with Crippen LogP contribution in [0.5, 0.6) is 0 Å². The quantitative estimate of drug-likeness (QED) is 0.698. The Kier molecular flexibility index (Phi) is 4.59. The van der Waals surface area contributed by atoms with Crippen LogP contribution in [0.25, 0.3) is 0 Å². The summed E-state index contributed by atoms with van der Waals surface area (Å²) in [6.07, 6.45) is 7.53. The van der Waals surface area contributed by atoms with E-state index in [-0.39, 0.29) is 12.0 Å². The van der Waals surface area contributed by atoms with Crippen LogP contribution < -0.4 is 11.2 Å². The molecule has 1 spiro atoms. The summed E-state index contributed by atoms with van der Waals surface area (Å²) in [5.74, 6) is -0.444. The van der Waals surface area contributed by atoms with Gasteiger partial charge in [0.1, 0.15) is 6.61 Å². The number of rotatable bonds is 6. The largest absolute Gasteiger partial charge is 0.378 e. The Morgan fingerprint density at radius 1 is 1.39 bits per heavy atom. The van der Waals surface area contributed by atoms with Crippen LogP contribution in [0.15, 0.2) is 0 Å². The van der Waals surface area contributed by atoms with Crippen LogP contribution in [0.4, 0.5) is 0 Å². The van der Waals surface area contributed by atoms with Crippen LogP contribution in [0.3, 0.4) is 0 Å². The monoisotopic (exact) mass is 256 g/mol. The van der Waals surface area contributed by atoms with E-state index in [0.29, 0.717) is 12.1 Å². The molecule has 0 bridgehead atoms. The molecule has 0 heterocycles. The number of hydrogen-bond acceptors (Lipinski definition) is 4. The molecule has 0 aliphatic heterocycles. The van der Waals surface area contributed by atoms with Gasteiger partial charge in [-0.05, 0) is 26.2 Å².